The van der Waals surface area contributed by atoms with Gasteiger partial charge in [0.15, 0.2) is 0 Å². The van der Waals surface area contributed by atoms with Crippen LogP contribution in [0.15, 0.2) is 0 Å². The highest BCUT2D eigenvalue weighted by Crippen LogP contribution is 2.14. The van der Waals surface area contributed by atoms with Gasteiger partial charge in [-0.3, -0.25) is 9.59 Å². The first kappa shape index (κ1) is 16.8. The highest BCUT2D eigenvalue weighted by atomic mass is 32.2. The van der Waals surface area contributed by atoms with Gasteiger partial charge < -0.3 is 14.9 Å². The predicted molar refractivity (Wildman–Crippen MR) is 67.3 cm³/mol. The Balaban J connectivity index is 2.81. The molecular formula is C10H18N2O7S. The summed E-state index contributed by atoms with van der Waals surface area (Å²) < 4.78 is 32.5. The number of carbonyl (C=O) groups is 2. The van der Waals surface area contributed by atoms with E-state index in [1.54, 1.807) is 13.8 Å². The van der Waals surface area contributed by atoms with Gasteiger partial charge in [-0.2, -0.15) is 17.4 Å². The van der Waals surface area contributed by atoms with Crippen molar-refractivity contribution >= 4 is 22.1 Å². The molecule has 20 heavy (non-hydrogen) atoms. The van der Waals surface area contributed by atoms with E-state index in [0.717, 1.165) is 4.31 Å². The van der Waals surface area contributed by atoms with Crippen molar-refractivity contribution in [3.63, 3.8) is 0 Å². The Hall–Kier alpha value is -1.23. The van der Waals surface area contributed by atoms with E-state index in [2.05, 4.69) is 0 Å². The zero-order chi connectivity index (χ0) is 15.5. The Morgan fingerprint density at radius 2 is 1.80 bits per heavy atom. The zero-order valence-corrected chi connectivity index (χ0v) is 12.0. The van der Waals surface area contributed by atoms with Gasteiger partial charge in [0, 0.05) is 13.1 Å². The van der Waals surface area contributed by atoms with Crippen LogP contribution in [0.2, 0.25) is 0 Å². The summed E-state index contributed by atoms with van der Waals surface area (Å²) in [6.45, 7) is 3.56. The summed E-state index contributed by atoms with van der Waals surface area (Å²) >= 11 is 0. The van der Waals surface area contributed by atoms with E-state index in [-0.39, 0.29) is 25.3 Å². The standard InChI is InChI=1S/C10H18N2O7S/c1-6-4-12(5-7(2)19-6)20(17,18)11-8(10(15)16)3-9(13)14/h6-8,11H,3-5H2,1-2H3,(H,13,14)(H,15,16). The molecule has 1 aliphatic rings. The van der Waals surface area contributed by atoms with Crippen molar-refractivity contribution in [2.24, 2.45) is 0 Å². The van der Waals surface area contributed by atoms with E-state index in [9.17, 15) is 18.0 Å². The van der Waals surface area contributed by atoms with Crippen molar-refractivity contribution < 1.29 is 33.0 Å². The van der Waals surface area contributed by atoms with Crippen LogP contribution in [0.1, 0.15) is 20.3 Å². The van der Waals surface area contributed by atoms with Crippen LogP contribution in [0.3, 0.4) is 0 Å². The number of ether oxygens (including phenoxy) is 1. The van der Waals surface area contributed by atoms with Crippen LogP contribution >= 0.6 is 0 Å². The Bertz CT molecular complexity index is 468. The number of carboxylic acid groups (broad SMARTS) is 2. The molecule has 9 nitrogen and oxygen atoms in total. The van der Waals surface area contributed by atoms with Gasteiger partial charge in [0.1, 0.15) is 6.04 Å². The number of morpholine rings is 1. The molecule has 1 fully saturated rings. The molecule has 1 heterocycles. The number of rotatable bonds is 6. The summed E-state index contributed by atoms with van der Waals surface area (Å²) in [5, 5.41) is 17.4. The van der Waals surface area contributed by atoms with Crippen LogP contribution in [0.4, 0.5) is 0 Å². The topological polar surface area (TPSA) is 133 Å². The molecule has 0 aromatic rings. The van der Waals surface area contributed by atoms with E-state index in [1.165, 1.54) is 0 Å². The van der Waals surface area contributed by atoms with Gasteiger partial charge >= 0.3 is 11.9 Å². The summed E-state index contributed by atoms with van der Waals surface area (Å²) in [5.41, 5.74) is 0. The molecule has 0 amide bonds. The summed E-state index contributed by atoms with van der Waals surface area (Å²) in [6, 6.07) is -1.70. The van der Waals surface area contributed by atoms with Gasteiger partial charge in [-0.15, -0.1) is 0 Å². The molecule has 3 unspecified atom stereocenters. The number of nitrogens with one attached hydrogen (secondary N) is 1. The molecule has 1 rings (SSSR count). The van der Waals surface area contributed by atoms with E-state index >= 15 is 0 Å². The van der Waals surface area contributed by atoms with Crippen molar-refractivity contribution in [2.45, 2.75) is 38.5 Å². The average Bonchev–Trinajstić information content (AvgIpc) is 2.25. The molecular weight excluding hydrogens is 292 g/mol. The molecule has 0 radical (unpaired) electrons. The highest BCUT2D eigenvalue weighted by molar-refractivity contribution is 7.87. The molecule has 116 valence electrons. The van der Waals surface area contributed by atoms with Crippen molar-refractivity contribution in [3.05, 3.63) is 0 Å². The Morgan fingerprint density at radius 3 is 2.20 bits per heavy atom. The molecule has 0 aromatic heterocycles. The van der Waals surface area contributed by atoms with E-state index in [4.69, 9.17) is 14.9 Å². The molecule has 3 atom stereocenters. The fourth-order valence-electron chi connectivity index (χ4n) is 1.94. The van der Waals surface area contributed by atoms with Gasteiger partial charge in [0.05, 0.1) is 18.6 Å². The molecule has 0 aliphatic carbocycles. The second-order valence-electron chi connectivity index (χ2n) is 4.69. The summed E-state index contributed by atoms with van der Waals surface area (Å²) in [5.74, 6) is -2.94. The van der Waals surface area contributed by atoms with Crippen LogP contribution in [-0.4, -0.2) is 66.2 Å². The number of carboxylic acids is 2. The largest absolute Gasteiger partial charge is 0.481 e. The SMILES string of the molecule is CC1CN(S(=O)(=O)NC(CC(=O)O)C(=O)O)CC(C)O1. The van der Waals surface area contributed by atoms with Crippen LogP contribution in [0.5, 0.6) is 0 Å². The molecule has 0 aromatic carbocycles. The molecule has 3 N–H and O–H groups in total. The third-order valence-electron chi connectivity index (χ3n) is 2.69. The van der Waals surface area contributed by atoms with Gasteiger partial charge in [0.2, 0.25) is 0 Å². The lowest BCUT2D eigenvalue weighted by Crippen LogP contribution is -2.55. The first-order valence-corrected chi connectivity index (χ1v) is 7.43. The fraction of sp³-hybridized carbons (Fsp3) is 0.800. The van der Waals surface area contributed by atoms with Crippen molar-refractivity contribution in [3.8, 4) is 0 Å². The Labute approximate surface area is 116 Å². The molecule has 1 aliphatic heterocycles. The van der Waals surface area contributed by atoms with Crippen LogP contribution in [0.25, 0.3) is 0 Å². The second-order valence-corrected chi connectivity index (χ2v) is 6.39. The maximum absolute atomic E-state index is 12.1. The molecule has 10 heteroatoms. The third kappa shape index (κ3) is 4.71. The quantitative estimate of drug-likeness (QED) is 0.564. The first-order valence-electron chi connectivity index (χ1n) is 5.99. The molecule has 0 bridgehead atoms. The number of hydrogen-bond acceptors (Lipinski definition) is 5. The Kier molecular flexibility index (Phi) is 5.45. The lowest BCUT2D eigenvalue weighted by atomic mass is 10.2. The molecule has 0 saturated carbocycles. The van der Waals surface area contributed by atoms with Gasteiger partial charge in [-0.05, 0) is 13.8 Å². The van der Waals surface area contributed by atoms with Crippen molar-refractivity contribution in [2.75, 3.05) is 13.1 Å². The van der Waals surface area contributed by atoms with Crippen molar-refractivity contribution in [1.29, 1.82) is 0 Å². The van der Waals surface area contributed by atoms with Gasteiger partial charge in [-0.25, -0.2) is 0 Å². The lowest BCUT2D eigenvalue weighted by molar-refractivity contribution is -0.145. The van der Waals surface area contributed by atoms with Gasteiger partial charge in [0.25, 0.3) is 10.2 Å². The normalized spacial score (nSPS) is 26.1. The minimum atomic E-state index is -4.08. The minimum absolute atomic E-state index is 0.0824. The number of aliphatic carboxylic acids is 2. The summed E-state index contributed by atoms with van der Waals surface area (Å²) in [4.78, 5) is 21.4. The number of nitrogens with zero attached hydrogens (tertiary/aromatic N) is 1. The lowest BCUT2D eigenvalue weighted by Gasteiger charge is -2.34. The summed E-state index contributed by atoms with van der Waals surface area (Å²) in [6.07, 6.45) is -1.47. The number of hydrogen-bond donors (Lipinski definition) is 3. The third-order valence-corrected chi connectivity index (χ3v) is 4.25. The predicted octanol–water partition coefficient (Wildman–Crippen LogP) is -1.14. The van der Waals surface area contributed by atoms with Crippen LogP contribution in [0, 0.1) is 0 Å². The highest BCUT2D eigenvalue weighted by Gasteiger charge is 2.34. The Morgan fingerprint density at radius 1 is 1.30 bits per heavy atom. The maximum atomic E-state index is 12.1. The van der Waals surface area contributed by atoms with Gasteiger partial charge in [-0.1, -0.05) is 0 Å². The zero-order valence-electron chi connectivity index (χ0n) is 11.1. The maximum Gasteiger partial charge on any atom is 0.322 e. The molecule has 1 saturated heterocycles. The monoisotopic (exact) mass is 310 g/mol. The molecule has 0 spiro atoms. The smallest absolute Gasteiger partial charge is 0.322 e. The van der Waals surface area contributed by atoms with E-state index in [0.29, 0.717) is 0 Å². The van der Waals surface area contributed by atoms with Crippen LogP contribution in [-0.2, 0) is 24.5 Å². The van der Waals surface area contributed by atoms with E-state index in [1.807, 2.05) is 4.72 Å². The fourth-order valence-corrected chi connectivity index (χ4v) is 3.44. The van der Waals surface area contributed by atoms with Crippen molar-refractivity contribution in [1.82, 2.24) is 9.03 Å². The van der Waals surface area contributed by atoms with Crippen LogP contribution < -0.4 is 4.72 Å². The summed E-state index contributed by atoms with van der Waals surface area (Å²) in [7, 11) is -4.08. The average molecular weight is 310 g/mol. The second kappa shape index (κ2) is 6.48. The first-order chi connectivity index (χ1) is 9.11. The van der Waals surface area contributed by atoms with E-state index < -0.39 is 34.6 Å². The minimum Gasteiger partial charge on any atom is -0.481 e.